The molecular formula is C12H19NS. The molecule has 0 bridgehead atoms. The van der Waals surface area contributed by atoms with Crippen molar-refractivity contribution in [3.05, 3.63) is 29.8 Å². The molecule has 0 aliphatic heterocycles. The highest BCUT2D eigenvalue weighted by atomic mass is 32.2. The van der Waals surface area contributed by atoms with Crippen LogP contribution in [0.1, 0.15) is 18.9 Å². The van der Waals surface area contributed by atoms with Crippen LogP contribution in [0, 0.1) is 0 Å². The van der Waals surface area contributed by atoms with Crippen LogP contribution in [0.15, 0.2) is 24.3 Å². The number of benzene rings is 1. The summed E-state index contributed by atoms with van der Waals surface area (Å²) in [4.78, 5) is 0. The summed E-state index contributed by atoms with van der Waals surface area (Å²) in [5.41, 5.74) is 2.66. The van der Waals surface area contributed by atoms with E-state index in [1.807, 2.05) is 11.8 Å². The Labute approximate surface area is 91.3 Å². The first-order valence-electron chi connectivity index (χ1n) is 5.18. The van der Waals surface area contributed by atoms with Crippen molar-refractivity contribution in [2.45, 2.75) is 19.8 Å². The second-order valence-corrected chi connectivity index (χ2v) is 4.31. The lowest BCUT2D eigenvalue weighted by Crippen LogP contribution is -2.02. The molecular weight excluding hydrogens is 190 g/mol. The van der Waals surface area contributed by atoms with E-state index in [1.54, 1.807) is 0 Å². The highest BCUT2D eigenvalue weighted by Crippen LogP contribution is 2.11. The summed E-state index contributed by atoms with van der Waals surface area (Å²) >= 11 is 1.90. The highest BCUT2D eigenvalue weighted by Gasteiger charge is 1.93. The number of anilines is 1. The van der Waals surface area contributed by atoms with Gasteiger partial charge < -0.3 is 5.32 Å². The normalized spacial score (nSPS) is 10.1. The van der Waals surface area contributed by atoms with Gasteiger partial charge in [0.1, 0.15) is 0 Å². The Morgan fingerprint density at radius 1 is 1.36 bits per heavy atom. The van der Waals surface area contributed by atoms with E-state index in [9.17, 15) is 0 Å². The molecule has 0 aliphatic carbocycles. The van der Waals surface area contributed by atoms with Crippen molar-refractivity contribution in [2.24, 2.45) is 0 Å². The van der Waals surface area contributed by atoms with Crippen molar-refractivity contribution in [2.75, 3.05) is 23.9 Å². The van der Waals surface area contributed by atoms with Gasteiger partial charge in [0, 0.05) is 12.2 Å². The van der Waals surface area contributed by atoms with Crippen LogP contribution >= 0.6 is 11.8 Å². The summed E-state index contributed by atoms with van der Waals surface area (Å²) in [6.45, 7) is 3.26. The lowest BCUT2D eigenvalue weighted by Gasteiger charge is -2.06. The molecule has 1 nitrogen and oxygen atoms in total. The topological polar surface area (TPSA) is 12.0 Å². The second-order valence-electron chi connectivity index (χ2n) is 3.33. The number of hydrogen-bond acceptors (Lipinski definition) is 2. The van der Waals surface area contributed by atoms with Crippen LogP contribution in [0.4, 0.5) is 5.69 Å². The van der Waals surface area contributed by atoms with Crippen LogP contribution in [0.3, 0.4) is 0 Å². The number of hydrogen-bond donors (Lipinski definition) is 1. The monoisotopic (exact) mass is 209 g/mol. The smallest absolute Gasteiger partial charge is 0.0342 e. The maximum atomic E-state index is 3.44. The van der Waals surface area contributed by atoms with Gasteiger partial charge in [0.2, 0.25) is 0 Å². The summed E-state index contributed by atoms with van der Waals surface area (Å²) in [7, 11) is 0. The van der Waals surface area contributed by atoms with E-state index in [0.717, 1.165) is 13.0 Å². The van der Waals surface area contributed by atoms with Crippen molar-refractivity contribution in [1.29, 1.82) is 0 Å². The molecule has 0 saturated heterocycles. The zero-order chi connectivity index (χ0) is 10.2. The van der Waals surface area contributed by atoms with Crippen LogP contribution in [0.2, 0.25) is 0 Å². The minimum absolute atomic E-state index is 1.08. The number of rotatable bonds is 6. The molecule has 0 atom stereocenters. The van der Waals surface area contributed by atoms with Crippen LogP contribution < -0.4 is 5.32 Å². The SMILES string of the molecule is CCc1cccc(NCCCSC)c1. The molecule has 0 saturated carbocycles. The lowest BCUT2D eigenvalue weighted by molar-refractivity contribution is 0.991. The Morgan fingerprint density at radius 3 is 2.93 bits per heavy atom. The Bertz CT molecular complexity index is 260. The summed E-state index contributed by atoms with van der Waals surface area (Å²) in [6.07, 6.45) is 4.50. The lowest BCUT2D eigenvalue weighted by atomic mass is 10.1. The fourth-order valence-electron chi connectivity index (χ4n) is 1.35. The zero-order valence-electron chi connectivity index (χ0n) is 9.05. The van der Waals surface area contributed by atoms with Gasteiger partial charge in [0.05, 0.1) is 0 Å². The molecule has 0 heterocycles. The number of aryl methyl sites for hydroxylation is 1. The average molecular weight is 209 g/mol. The van der Waals surface area contributed by atoms with E-state index in [2.05, 4.69) is 42.8 Å². The average Bonchev–Trinajstić information content (AvgIpc) is 2.25. The fraction of sp³-hybridized carbons (Fsp3) is 0.500. The van der Waals surface area contributed by atoms with Gasteiger partial charge in [-0.05, 0) is 42.5 Å². The maximum absolute atomic E-state index is 3.44. The molecule has 1 aromatic carbocycles. The van der Waals surface area contributed by atoms with E-state index in [0.29, 0.717) is 0 Å². The second kappa shape index (κ2) is 6.77. The van der Waals surface area contributed by atoms with Gasteiger partial charge in [0.15, 0.2) is 0 Å². The third-order valence-corrected chi connectivity index (χ3v) is 2.89. The minimum atomic E-state index is 1.08. The molecule has 1 rings (SSSR count). The summed E-state index contributed by atoms with van der Waals surface area (Å²) in [5, 5.41) is 3.44. The molecule has 0 radical (unpaired) electrons. The maximum Gasteiger partial charge on any atom is 0.0342 e. The van der Waals surface area contributed by atoms with Gasteiger partial charge in [-0.15, -0.1) is 0 Å². The summed E-state index contributed by atoms with van der Waals surface area (Å²) in [5.74, 6) is 1.24. The third kappa shape index (κ3) is 4.05. The van der Waals surface area contributed by atoms with Crippen molar-refractivity contribution in [1.82, 2.24) is 0 Å². The van der Waals surface area contributed by atoms with Gasteiger partial charge in [0.25, 0.3) is 0 Å². The first-order chi connectivity index (χ1) is 6.86. The van der Waals surface area contributed by atoms with Gasteiger partial charge in [-0.1, -0.05) is 19.1 Å². The number of nitrogens with one attached hydrogen (secondary N) is 1. The molecule has 0 aliphatic rings. The van der Waals surface area contributed by atoms with Gasteiger partial charge in [-0.3, -0.25) is 0 Å². The number of thioether (sulfide) groups is 1. The molecule has 0 amide bonds. The molecule has 1 N–H and O–H groups in total. The van der Waals surface area contributed by atoms with Crippen LogP contribution in [0.5, 0.6) is 0 Å². The van der Waals surface area contributed by atoms with Crippen LogP contribution in [-0.2, 0) is 6.42 Å². The Balaban J connectivity index is 2.34. The molecule has 1 aromatic rings. The summed E-state index contributed by atoms with van der Waals surface area (Å²) < 4.78 is 0. The molecule has 0 spiro atoms. The van der Waals surface area contributed by atoms with Crippen molar-refractivity contribution in [3.8, 4) is 0 Å². The van der Waals surface area contributed by atoms with Crippen LogP contribution in [0.25, 0.3) is 0 Å². The first-order valence-corrected chi connectivity index (χ1v) is 6.58. The van der Waals surface area contributed by atoms with E-state index in [4.69, 9.17) is 0 Å². The zero-order valence-corrected chi connectivity index (χ0v) is 9.86. The fourth-order valence-corrected chi connectivity index (χ4v) is 1.78. The van der Waals surface area contributed by atoms with E-state index < -0.39 is 0 Å². The Kier molecular flexibility index (Phi) is 5.53. The minimum Gasteiger partial charge on any atom is -0.385 e. The first kappa shape index (κ1) is 11.4. The molecule has 2 heteroatoms. The predicted octanol–water partition coefficient (Wildman–Crippen LogP) is 3.41. The molecule has 14 heavy (non-hydrogen) atoms. The van der Waals surface area contributed by atoms with Gasteiger partial charge in [-0.25, -0.2) is 0 Å². The Morgan fingerprint density at radius 2 is 2.21 bits per heavy atom. The highest BCUT2D eigenvalue weighted by molar-refractivity contribution is 7.98. The van der Waals surface area contributed by atoms with Gasteiger partial charge in [-0.2, -0.15) is 11.8 Å². The van der Waals surface area contributed by atoms with E-state index in [1.165, 1.54) is 23.4 Å². The largest absolute Gasteiger partial charge is 0.385 e. The van der Waals surface area contributed by atoms with Crippen molar-refractivity contribution >= 4 is 17.4 Å². The molecule has 0 unspecified atom stereocenters. The Hall–Kier alpha value is -0.630. The van der Waals surface area contributed by atoms with Crippen molar-refractivity contribution < 1.29 is 0 Å². The third-order valence-electron chi connectivity index (χ3n) is 2.19. The van der Waals surface area contributed by atoms with Crippen LogP contribution in [-0.4, -0.2) is 18.6 Å². The van der Waals surface area contributed by atoms with Crippen molar-refractivity contribution in [3.63, 3.8) is 0 Å². The van der Waals surface area contributed by atoms with Gasteiger partial charge >= 0.3 is 0 Å². The standard InChI is InChI=1S/C12H19NS/c1-3-11-6-4-7-12(10-11)13-8-5-9-14-2/h4,6-7,10,13H,3,5,8-9H2,1-2H3. The molecule has 0 fully saturated rings. The molecule has 0 aromatic heterocycles. The molecule has 78 valence electrons. The van der Waals surface area contributed by atoms with E-state index in [-0.39, 0.29) is 0 Å². The van der Waals surface area contributed by atoms with E-state index >= 15 is 0 Å². The summed E-state index contributed by atoms with van der Waals surface area (Å²) in [6, 6.07) is 8.67. The quantitative estimate of drug-likeness (QED) is 0.721. The predicted molar refractivity (Wildman–Crippen MR) is 67.3 cm³/mol.